The van der Waals surface area contributed by atoms with E-state index in [1.807, 2.05) is 16.7 Å². The van der Waals surface area contributed by atoms with Crippen molar-refractivity contribution in [1.82, 2.24) is 24.8 Å². The summed E-state index contributed by atoms with van der Waals surface area (Å²) in [7, 11) is 3.79. The molecule has 1 aliphatic heterocycles. The van der Waals surface area contributed by atoms with Gasteiger partial charge in [0.1, 0.15) is 5.75 Å². The zero-order chi connectivity index (χ0) is 20.1. The molecule has 0 atom stereocenters. The van der Waals surface area contributed by atoms with Crippen molar-refractivity contribution in [3.05, 3.63) is 40.7 Å². The quantitative estimate of drug-likeness (QED) is 0.706. The number of likely N-dealkylation sites (N-methyl/N-ethyl adjacent to an activating group) is 1. The van der Waals surface area contributed by atoms with Crippen molar-refractivity contribution in [2.75, 3.05) is 45.3 Å². The van der Waals surface area contributed by atoms with E-state index in [0.29, 0.717) is 12.2 Å². The number of thioether (sulfide) groups is 1. The number of ether oxygens (including phenoxy) is 1. The third-order valence-electron chi connectivity index (χ3n) is 5.06. The first-order valence-corrected chi connectivity index (χ1v) is 10.7. The van der Waals surface area contributed by atoms with Gasteiger partial charge in [0.25, 0.3) is 5.91 Å². The number of hydrogen-bond acceptors (Lipinski definition) is 6. The second-order valence-electron chi connectivity index (χ2n) is 7.26. The summed E-state index contributed by atoms with van der Waals surface area (Å²) in [5, 5.41) is 8.22. The van der Waals surface area contributed by atoms with Crippen LogP contribution in [0, 0.1) is 13.8 Å². The molecule has 1 saturated heterocycles. The second-order valence-corrected chi connectivity index (χ2v) is 8.48. The zero-order valence-electron chi connectivity index (χ0n) is 17.1. The molecule has 0 unspecified atom stereocenters. The number of aromatic nitrogens is 3. The Bertz CT molecular complexity index is 817. The fraction of sp³-hybridized carbons (Fsp3) is 0.550. The smallest absolute Gasteiger partial charge is 0.276 e. The minimum absolute atomic E-state index is 0.00997. The van der Waals surface area contributed by atoms with Crippen LogP contribution in [0.3, 0.4) is 0 Å². The summed E-state index contributed by atoms with van der Waals surface area (Å²) in [5.41, 5.74) is 4.10. The topological polar surface area (TPSA) is 63.5 Å². The van der Waals surface area contributed by atoms with Crippen LogP contribution >= 0.6 is 11.8 Å². The molecule has 152 valence electrons. The number of methoxy groups -OCH3 is 1. The molecule has 7 nitrogen and oxygen atoms in total. The van der Waals surface area contributed by atoms with E-state index in [9.17, 15) is 4.79 Å². The molecule has 1 aromatic heterocycles. The van der Waals surface area contributed by atoms with E-state index in [1.54, 1.807) is 18.0 Å². The second kappa shape index (κ2) is 9.43. The summed E-state index contributed by atoms with van der Waals surface area (Å²) in [6.07, 6.45) is 1.76. The summed E-state index contributed by atoms with van der Waals surface area (Å²) in [6, 6.07) is 4.28. The highest BCUT2D eigenvalue weighted by molar-refractivity contribution is 7.99. The number of aryl methyl sites for hydroxylation is 2. The Morgan fingerprint density at radius 1 is 1.25 bits per heavy atom. The van der Waals surface area contributed by atoms with Crippen LogP contribution in [-0.2, 0) is 13.1 Å². The average Bonchev–Trinajstić information content (AvgIpc) is 3.18. The lowest BCUT2D eigenvalue weighted by Crippen LogP contribution is -2.38. The summed E-state index contributed by atoms with van der Waals surface area (Å²) >= 11 is 1.88. The van der Waals surface area contributed by atoms with Crippen LogP contribution in [-0.4, -0.2) is 76.0 Å². The van der Waals surface area contributed by atoms with E-state index >= 15 is 0 Å². The van der Waals surface area contributed by atoms with Crippen molar-refractivity contribution in [3.8, 4) is 5.75 Å². The highest BCUT2D eigenvalue weighted by Crippen LogP contribution is 2.23. The van der Waals surface area contributed by atoms with Gasteiger partial charge in [-0.05, 0) is 43.7 Å². The van der Waals surface area contributed by atoms with Crippen molar-refractivity contribution >= 4 is 17.7 Å². The Morgan fingerprint density at radius 2 is 2.00 bits per heavy atom. The molecule has 0 N–H and O–H groups in total. The summed E-state index contributed by atoms with van der Waals surface area (Å²) in [4.78, 5) is 16.6. The average molecular weight is 404 g/mol. The van der Waals surface area contributed by atoms with Gasteiger partial charge in [0.2, 0.25) is 0 Å². The molecule has 0 radical (unpaired) electrons. The van der Waals surface area contributed by atoms with Crippen LogP contribution < -0.4 is 4.74 Å². The van der Waals surface area contributed by atoms with Gasteiger partial charge in [-0.3, -0.25) is 9.48 Å². The molecule has 8 heteroatoms. The van der Waals surface area contributed by atoms with Crippen molar-refractivity contribution in [3.63, 3.8) is 0 Å². The van der Waals surface area contributed by atoms with Gasteiger partial charge < -0.3 is 14.5 Å². The van der Waals surface area contributed by atoms with E-state index in [0.717, 1.165) is 49.0 Å². The van der Waals surface area contributed by atoms with Crippen LogP contribution in [0.25, 0.3) is 0 Å². The SMILES string of the molecule is COc1cc(C)c(CN(C)CCn2cc(C(=O)N3CCSCC3)nn2)cc1C. The first kappa shape index (κ1) is 20.7. The third-order valence-corrected chi connectivity index (χ3v) is 6.00. The lowest BCUT2D eigenvalue weighted by molar-refractivity contribution is 0.0766. The minimum atomic E-state index is -0.00997. The van der Waals surface area contributed by atoms with E-state index in [-0.39, 0.29) is 5.91 Å². The van der Waals surface area contributed by atoms with Crippen molar-refractivity contribution in [2.45, 2.75) is 26.9 Å². The molecule has 28 heavy (non-hydrogen) atoms. The zero-order valence-corrected chi connectivity index (χ0v) is 18.0. The highest BCUT2D eigenvalue weighted by atomic mass is 32.2. The first-order valence-electron chi connectivity index (χ1n) is 9.57. The molecule has 0 bridgehead atoms. The fourth-order valence-electron chi connectivity index (χ4n) is 3.32. The van der Waals surface area contributed by atoms with Gasteiger partial charge in [-0.1, -0.05) is 11.3 Å². The van der Waals surface area contributed by atoms with E-state index < -0.39 is 0 Å². The lowest BCUT2D eigenvalue weighted by Gasteiger charge is -2.25. The van der Waals surface area contributed by atoms with Crippen molar-refractivity contribution in [2.24, 2.45) is 0 Å². The van der Waals surface area contributed by atoms with Crippen LogP contribution in [0.1, 0.15) is 27.2 Å². The molecule has 2 heterocycles. The first-order chi connectivity index (χ1) is 13.5. The van der Waals surface area contributed by atoms with Gasteiger partial charge in [0.05, 0.1) is 19.9 Å². The highest BCUT2D eigenvalue weighted by Gasteiger charge is 2.21. The minimum Gasteiger partial charge on any atom is -0.496 e. The number of benzene rings is 1. The van der Waals surface area contributed by atoms with E-state index in [2.05, 4.69) is 48.2 Å². The molecule has 1 amide bonds. The maximum Gasteiger partial charge on any atom is 0.276 e. The van der Waals surface area contributed by atoms with Crippen LogP contribution in [0.4, 0.5) is 0 Å². The number of carbonyl (C=O) groups excluding carboxylic acids is 1. The van der Waals surface area contributed by atoms with Crippen molar-refractivity contribution in [1.29, 1.82) is 0 Å². The number of rotatable bonds is 7. The van der Waals surface area contributed by atoms with Gasteiger partial charge in [-0.15, -0.1) is 5.10 Å². The molecule has 0 aliphatic carbocycles. The molecule has 1 aromatic carbocycles. The van der Waals surface area contributed by atoms with Crippen LogP contribution in [0.5, 0.6) is 5.75 Å². The fourth-order valence-corrected chi connectivity index (χ4v) is 4.22. The normalized spacial score (nSPS) is 14.5. The molecule has 2 aromatic rings. The van der Waals surface area contributed by atoms with Crippen LogP contribution in [0.2, 0.25) is 0 Å². The van der Waals surface area contributed by atoms with Gasteiger partial charge in [-0.25, -0.2) is 0 Å². The monoisotopic (exact) mass is 403 g/mol. The Kier molecular flexibility index (Phi) is 6.96. The molecule has 1 aliphatic rings. The Labute approximate surface area is 171 Å². The summed E-state index contributed by atoms with van der Waals surface area (Å²) in [6.45, 7) is 8.13. The number of amides is 1. The standard InChI is InChI=1S/C20H29N5O2S/c1-15-12-19(27-4)16(2)11-17(15)13-23(3)5-6-25-14-18(21-22-25)20(26)24-7-9-28-10-8-24/h11-12,14H,5-10,13H2,1-4H3. The van der Waals surface area contributed by atoms with Crippen molar-refractivity contribution < 1.29 is 9.53 Å². The molecule has 0 spiro atoms. The lowest BCUT2D eigenvalue weighted by atomic mass is 10.0. The third kappa shape index (κ3) is 5.05. The van der Waals surface area contributed by atoms with E-state index in [1.165, 1.54) is 11.1 Å². The molecule has 3 rings (SSSR count). The van der Waals surface area contributed by atoms with Gasteiger partial charge in [0.15, 0.2) is 5.69 Å². The maximum absolute atomic E-state index is 12.5. The van der Waals surface area contributed by atoms with Gasteiger partial charge in [-0.2, -0.15) is 11.8 Å². The molecule has 0 saturated carbocycles. The van der Waals surface area contributed by atoms with Gasteiger partial charge in [0, 0.05) is 37.7 Å². The molecular formula is C20H29N5O2S. The predicted molar refractivity (Wildman–Crippen MR) is 112 cm³/mol. The van der Waals surface area contributed by atoms with Crippen LogP contribution in [0.15, 0.2) is 18.3 Å². The van der Waals surface area contributed by atoms with Gasteiger partial charge >= 0.3 is 0 Å². The molecular weight excluding hydrogens is 374 g/mol. The Hall–Kier alpha value is -2.06. The number of nitrogens with zero attached hydrogens (tertiary/aromatic N) is 5. The predicted octanol–water partition coefficient (Wildman–Crippen LogP) is 2.22. The molecule has 1 fully saturated rings. The summed E-state index contributed by atoms with van der Waals surface area (Å²) < 4.78 is 7.15. The largest absolute Gasteiger partial charge is 0.496 e. The summed E-state index contributed by atoms with van der Waals surface area (Å²) in [5.74, 6) is 2.91. The maximum atomic E-state index is 12.5. The Balaban J connectivity index is 1.54. The number of carbonyl (C=O) groups is 1. The van der Waals surface area contributed by atoms with E-state index in [4.69, 9.17) is 4.74 Å². The number of hydrogen-bond donors (Lipinski definition) is 0. The Morgan fingerprint density at radius 3 is 2.71 bits per heavy atom.